The lowest BCUT2D eigenvalue weighted by Crippen LogP contribution is -2.31. The molecule has 0 amide bonds. The van der Waals surface area contributed by atoms with Crippen LogP contribution in [0.1, 0.15) is 94.3 Å². The summed E-state index contributed by atoms with van der Waals surface area (Å²) in [5.74, 6) is -0.503. The number of benzene rings is 1. The number of hydrogen-bond acceptors (Lipinski definition) is 4. The Labute approximate surface area is 187 Å². The van der Waals surface area contributed by atoms with Gasteiger partial charge in [-0.25, -0.2) is 4.79 Å². The van der Waals surface area contributed by atoms with Crippen molar-refractivity contribution in [3.8, 4) is 0 Å². The Morgan fingerprint density at radius 3 is 2.16 bits per heavy atom. The minimum Gasteiger partial charge on any atom is -0.454 e. The van der Waals surface area contributed by atoms with Crippen LogP contribution in [0.4, 0.5) is 0 Å². The van der Waals surface area contributed by atoms with Gasteiger partial charge in [-0.2, -0.15) is 0 Å². The van der Waals surface area contributed by atoms with E-state index in [1.165, 1.54) is 64.2 Å². The summed E-state index contributed by atoms with van der Waals surface area (Å²) in [5.41, 5.74) is 9.15. The van der Waals surface area contributed by atoms with Gasteiger partial charge in [0.2, 0.25) is 0 Å². The molecule has 31 heavy (non-hydrogen) atoms. The fraction of sp³-hybridized carbons (Fsp3) is 0.640. The third kappa shape index (κ3) is 12.9. The maximum Gasteiger partial charge on any atom is 0.338 e. The number of ether oxygens (including phenoxy) is 1. The zero-order chi connectivity index (χ0) is 22.6. The predicted octanol–water partition coefficient (Wildman–Crippen LogP) is 7.14. The van der Waals surface area contributed by atoms with E-state index < -0.39 is 18.1 Å². The van der Waals surface area contributed by atoms with Gasteiger partial charge in [-0.05, 0) is 36.6 Å². The van der Waals surface area contributed by atoms with Crippen LogP contribution in [-0.2, 0) is 4.74 Å². The van der Waals surface area contributed by atoms with E-state index in [4.69, 9.17) is 10.3 Å². The molecule has 0 aromatic heterocycles. The summed E-state index contributed by atoms with van der Waals surface area (Å²) in [5, 5.41) is 13.1. The molecule has 0 bridgehead atoms. The number of aliphatic hydroxyl groups excluding tert-OH is 1. The summed E-state index contributed by atoms with van der Waals surface area (Å²) < 4.78 is 5.50. The van der Waals surface area contributed by atoms with Crippen molar-refractivity contribution in [3.05, 3.63) is 58.5 Å². The van der Waals surface area contributed by atoms with Crippen LogP contribution in [0.15, 0.2) is 47.6 Å². The first-order valence-corrected chi connectivity index (χ1v) is 11.8. The Kier molecular flexibility index (Phi) is 15.9. The Bertz CT molecular complexity index is 657. The van der Waals surface area contributed by atoms with E-state index >= 15 is 0 Å². The lowest BCUT2D eigenvalue weighted by atomic mass is 10.0. The van der Waals surface area contributed by atoms with Gasteiger partial charge in [-0.1, -0.05) is 101 Å². The van der Waals surface area contributed by atoms with Crippen LogP contribution >= 0.6 is 0 Å². The summed E-state index contributed by atoms with van der Waals surface area (Å²) in [7, 11) is 0. The molecule has 0 saturated carbocycles. The molecule has 1 aromatic rings. The Morgan fingerprint density at radius 2 is 1.61 bits per heavy atom. The number of unbranched alkanes of at least 4 members (excludes halogenated alkanes) is 11. The van der Waals surface area contributed by atoms with Gasteiger partial charge in [0, 0.05) is 4.91 Å². The summed E-state index contributed by atoms with van der Waals surface area (Å²) in [6, 6.07) is 7.81. The third-order valence-corrected chi connectivity index (χ3v) is 5.32. The zero-order valence-electron chi connectivity index (χ0n) is 19.0. The second kappa shape index (κ2) is 18.5. The van der Waals surface area contributed by atoms with Crippen molar-refractivity contribution < 1.29 is 14.6 Å². The molecule has 6 nitrogen and oxygen atoms in total. The van der Waals surface area contributed by atoms with E-state index in [1.807, 2.05) is 12.1 Å². The van der Waals surface area contributed by atoms with Crippen LogP contribution in [0.25, 0.3) is 10.4 Å². The highest BCUT2D eigenvalue weighted by atomic mass is 16.5. The quantitative estimate of drug-likeness (QED) is 0.0670. The number of carbonyl (C=O) groups excluding carboxylic acids is 1. The highest BCUT2D eigenvalue weighted by Gasteiger charge is 2.22. The molecule has 0 fully saturated rings. The van der Waals surface area contributed by atoms with E-state index in [0.717, 1.165) is 12.8 Å². The first-order chi connectivity index (χ1) is 15.2. The van der Waals surface area contributed by atoms with Gasteiger partial charge >= 0.3 is 5.97 Å². The molecule has 0 heterocycles. The molecule has 0 aliphatic carbocycles. The smallest absolute Gasteiger partial charge is 0.338 e. The van der Waals surface area contributed by atoms with Crippen molar-refractivity contribution in [1.29, 1.82) is 0 Å². The van der Waals surface area contributed by atoms with Gasteiger partial charge in [0.25, 0.3) is 0 Å². The number of esters is 1. The first-order valence-electron chi connectivity index (χ1n) is 11.8. The number of aliphatic hydroxyl groups is 1. The van der Waals surface area contributed by atoms with Crippen LogP contribution in [0.5, 0.6) is 0 Å². The standard InChI is InChI=1S/C25H39N3O3/c1-2-3-4-5-6-7-8-9-10-11-12-13-17-20-24(23(21-29)27-28-26)31-25(30)22-18-15-14-16-19-22/h14-20,23-24,29H,2-13,21H2,1H3/t23-,24+/m0/s1. The van der Waals surface area contributed by atoms with Crippen molar-refractivity contribution >= 4 is 5.97 Å². The fourth-order valence-corrected chi connectivity index (χ4v) is 3.44. The SMILES string of the molecule is CCCCCCCCCCCCCC=C[C@@H](OC(=O)c1ccccc1)[C@H](CO)N=[N+]=[N-]. The fourth-order valence-electron chi connectivity index (χ4n) is 3.44. The largest absolute Gasteiger partial charge is 0.454 e. The van der Waals surface area contributed by atoms with E-state index in [0.29, 0.717) is 5.56 Å². The molecule has 2 atom stereocenters. The average Bonchev–Trinajstić information content (AvgIpc) is 2.80. The molecule has 0 saturated heterocycles. The van der Waals surface area contributed by atoms with Gasteiger partial charge in [0.15, 0.2) is 0 Å². The van der Waals surface area contributed by atoms with Gasteiger partial charge in [-0.15, -0.1) is 0 Å². The molecule has 172 valence electrons. The minimum absolute atomic E-state index is 0.389. The van der Waals surface area contributed by atoms with Crippen LogP contribution in [0.2, 0.25) is 0 Å². The number of nitrogens with zero attached hydrogens (tertiary/aromatic N) is 3. The Balaban J connectivity index is 2.32. The summed E-state index contributed by atoms with van der Waals surface area (Å²) in [4.78, 5) is 15.1. The Hall–Kier alpha value is -2.30. The minimum atomic E-state index is -0.841. The second-order valence-electron chi connectivity index (χ2n) is 7.94. The molecule has 0 aliphatic rings. The number of rotatable bonds is 18. The van der Waals surface area contributed by atoms with Crippen molar-refractivity contribution in [3.63, 3.8) is 0 Å². The van der Waals surface area contributed by atoms with Crippen LogP contribution < -0.4 is 0 Å². The maximum absolute atomic E-state index is 12.3. The van der Waals surface area contributed by atoms with Crippen molar-refractivity contribution in [2.45, 2.75) is 96.1 Å². The van der Waals surface area contributed by atoms with Crippen molar-refractivity contribution in [1.82, 2.24) is 0 Å². The lowest BCUT2D eigenvalue weighted by Gasteiger charge is -2.19. The van der Waals surface area contributed by atoms with Gasteiger partial charge in [0.1, 0.15) is 12.1 Å². The molecular weight excluding hydrogens is 390 g/mol. The van der Waals surface area contributed by atoms with Crippen LogP contribution in [0.3, 0.4) is 0 Å². The first kappa shape index (κ1) is 26.7. The third-order valence-electron chi connectivity index (χ3n) is 5.32. The number of carbonyl (C=O) groups is 1. The highest BCUT2D eigenvalue weighted by molar-refractivity contribution is 5.89. The summed E-state index contributed by atoms with van der Waals surface area (Å²) >= 11 is 0. The summed E-state index contributed by atoms with van der Waals surface area (Å²) in [6.07, 6.45) is 18.0. The molecule has 1 aromatic carbocycles. The number of azide groups is 1. The molecule has 0 aliphatic heterocycles. The van der Waals surface area contributed by atoms with E-state index in [1.54, 1.807) is 30.3 Å². The second-order valence-corrected chi connectivity index (χ2v) is 7.94. The van der Waals surface area contributed by atoms with E-state index in [2.05, 4.69) is 16.9 Å². The van der Waals surface area contributed by atoms with E-state index in [9.17, 15) is 9.90 Å². The van der Waals surface area contributed by atoms with Crippen molar-refractivity contribution in [2.75, 3.05) is 6.61 Å². The number of hydrogen-bond donors (Lipinski definition) is 1. The molecule has 0 unspecified atom stereocenters. The molecule has 1 rings (SSSR count). The maximum atomic E-state index is 12.3. The number of allylic oxidation sites excluding steroid dienone is 1. The molecule has 1 N–H and O–H groups in total. The van der Waals surface area contributed by atoms with Crippen LogP contribution in [-0.4, -0.2) is 29.8 Å². The van der Waals surface area contributed by atoms with Crippen LogP contribution in [0, 0.1) is 0 Å². The van der Waals surface area contributed by atoms with Crippen molar-refractivity contribution in [2.24, 2.45) is 5.11 Å². The van der Waals surface area contributed by atoms with Gasteiger partial charge < -0.3 is 9.84 Å². The lowest BCUT2D eigenvalue weighted by molar-refractivity contribution is 0.0304. The van der Waals surface area contributed by atoms with Gasteiger partial charge in [0.05, 0.1) is 12.2 Å². The molecule has 0 spiro atoms. The average molecular weight is 430 g/mol. The molecular formula is C25H39N3O3. The topological polar surface area (TPSA) is 95.3 Å². The predicted molar refractivity (Wildman–Crippen MR) is 126 cm³/mol. The molecule has 6 heteroatoms. The monoisotopic (exact) mass is 429 g/mol. The summed E-state index contributed by atoms with van der Waals surface area (Å²) in [6.45, 7) is 1.86. The van der Waals surface area contributed by atoms with E-state index in [-0.39, 0.29) is 6.61 Å². The normalized spacial score (nSPS) is 13.0. The molecule has 0 radical (unpaired) electrons. The van der Waals surface area contributed by atoms with Gasteiger partial charge in [-0.3, -0.25) is 0 Å². The highest BCUT2D eigenvalue weighted by Crippen LogP contribution is 2.14. The Morgan fingerprint density at radius 1 is 1.03 bits per heavy atom. The zero-order valence-corrected chi connectivity index (χ0v) is 19.0.